The highest BCUT2D eigenvalue weighted by Crippen LogP contribution is 2.22. The Kier molecular flexibility index (Phi) is 4.91. The van der Waals surface area contributed by atoms with Gasteiger partial charge in [0.05, 0.1) is 29.6 Å². The summed E-state index contributed by atoms with van der Waals surface area (Å²) in [6.07, 6.45) is 0.0452. The van der Waals surface area contributed by atoms with Crippen LogP contribution in [0.3, 0.4) is 0 Å². The maximum atomic E-state index is 11.8. The van der Waals surface area contributed by atoms with Gasteiger partial charge in [-0.2, -0.15) is 8.75 Å². The summed E-state index contributed by atoms with van der Waals surface area (Å²) in [5.41, 5.74) is 2.06. The lowest BCUT2D eigenvalue weighted by Crippen LogP contribution is -2.17. The smallest absolute Gasteiger partial charge is 0.304 e. The van der Waals surface area contributed by atoms with Crippen LogP contribution < -0.4 is 5.32 Å². The summed E-state index contributed by atoms with van der Waals surface area (Å²) in [6, 6.07) is 5.41. The zero-order valence-corrected chi connectivity index (χ0v) is 12.3. The van der Waals surface area contributed by atoms with E-state index in [4.69, 9.17) is 5.11 Å². The van der Waals surface area contributed by atoms with Gasteiger partial charge in [-0.1, -0.05) is 13.0 Å². The average Bonchev–Trinajstić information content (AvgIpc) is 2.85. The molecule has 0 aliphatic carbocycles. The van der Waals surface area contributed by atoms with Gasteiger partial charge in [0.2, 0.25) is 5.91 Å². The van der Waals surface area contributed by atoms with Crippen molar-refractivity contribution < 1.29 is 14.7 Å². The zero-order valence-electron chi connectivity index (χ0n) is 10.7. The summed E-state index contributed by atoms with van der Waals surface area (Å²) >= 11 is 2.41. The molecule has 20 heavy (non-hydrogen) atoms. The van der Waals surface area contributed by atoms with Crippen LogP contribution in [0, 0.1) is 0 Å². The van der Waals surface area contributed by atoms with Crippen LogP contribution >= 0.6 is 23.5 Å². The van der Waals surface area contributed by atoms with Gasteiger partial charge in [-0.15, -0.1) is 11.8 Å². The number of carbonyl (C=O) groups excluding carboxylic acids is 1. The molecular weight excluding hydrogens is 298 g/mol. The van der Waals surface area contributed by atoms with E-state index in [9.17, 15) is 9.59 Å². The Bertz CT molecular complexity index is 629. The highest BCUT2D eigenvalue weighted by atomic mass is 32.2. The predicted octanol–water partition coefficient (Wildman–Crippen LogP) is 2.23. The number of nitrogens with zero attached hydrogens (tertiary/aromatic N) is 2. The first-order valence-corrected chi connectivity index (χ1v) is 7.68. The van der Waals surface area contributed by atoms with Crippen LogP contribution in [0.15, 0.2) is 18.2 Å². The molecule has 1 heterocycles. The molecule has 2 aromatic rings. The van der Waals surface area contributed by atoms with Crippen LogP contribution in [0.5, 0.6) is 0 Å². The number of thioether (sulfide) groups is 1. The molecule has 1 aromatic carbocycles. The second-order valence-electron chi connectivity index (χ2n) is 4.21. The SMILES string of the molecule is CC(CC(=O)O)SCC(=O)Nc1cccc2nsnc12. The van der Waals surface area contributed by atoms with Gasteiger partial charge in [0.15, 0.2) is 0 Å². The largest absolute Gasteiger partial charge is 0.481 e. The monoisotopic (exact) mass is 311 g/mol. The van der Waals surface area contributed by atoms with Crippen LogP contribution in [0.25, 0.3) is 11.0 Å². The molecule has 0 bridgehead atoms. The first-order chi connectivity index (χ1) is 9.56. The lowest BCUT2D eigenvalue weighted by Gasteiger charge is -2.09. The number of aliphatic carboxylic acids is 1. The molecule has 1 unspecified atom stereocenters. The lowest BCUT2D eigenvalue weighted by atomic mass is 10.2. The molecule has 2 rings (SSSR count). The van der Waals surface area contributed by atoms with Crippen molar-refractivity contribution in [3.63, 3.8) is 0 Å². The van der Waals surface area contributed by atoms with E-state index in [2.05, 4.69) is 14.1 Å². The van der Waals surface area contributed by atoms with Crippen LogP contribution in [-0.2, 0) is 9.59 Å². The Labute approximate surface area is 123 Å². The van der Waals surface area contributed by atoms with E-state index in [-0.39, 0.29) is 23.3 Å². The molecule has 0 saturated heterocycles. The molecule has 1 atom stereocenters. The normalized spacial score (nSPS) is 12.2. The molecule has 0 radical (unpaired) electrons. The number of carboxylic acid groups (broad SMARTS) is 1. The quantitative estimate of drug-likeness (QED) is 0.850. The van der Waals surface area contributed by atoms with Gasteiger partial charge < -0.3 is 10.4 Å². The van der Waals surface area contributed by atoms with Gasteiger partial charge in [-0.3, -0.25) is 9.59 Å². The standard InChI is InChI=1S/C12H13N3O3S2/c1-7(5-11(17)18)19-6-10(16)13-8-3-2-4-9-12(8)15-20-14-9/h2-4,7H,5-6H2,1H3,(H,13,16)(H,17,18). The fourth-order valence-electron chi connectivity index (χ4n) is 1.62. The van der Waals surface area contributed by atoms with Gasteiger partial charge in [0, 0.05) is 5.25 Å². The molecule has 8 heteroatoms. The minimum absolute atomic E-state index is 0.0452. The van der Waals surface area contributed by atoms with Crippen molar-refractivity contribution in [2.24, 2.45) is 0 Å². The molecule has 6 nitrogen and oxygen atoms in total. The first kappa shape index (κ1) is 14.7. The highest BCUT2D eigenvalue weighted by molar-refractivity contribution is 8.00. The van der Waals surface area contributed by atoms with Crippen molar-refractivity contribution in [3.8, 4) is 0 Å². The fourth-order valence-corrected chi connectivity index (χ4v) is 2.93. The summed E-state index contributed by atoms with van der Waals surface area (Å²) in [7, 11) is 0. The molecule has 0 spiro atoms. The zero-order chi connectivity index (χ0) is 14.5. The van der Waals surface area contributed by atoms with E-state index in [1.54, 1.807) is 19.1 Å². The number of rotatable bonds is 6. The summed E-state index contributed by atoms with van der Waals surface area (Å²) in [4.78, 5) is 22.4. The minimum atomic E-state index is -0.858. The summed E-state index contributed by atoms with van der Waals surface area (Å²) in [5.74, 6) is -0.820. The van der Waals surface area contributed by atoms with E-state index >= 15 is 0 Å². The maximum absolute atomic E-state index is 11.8. The second-order valence-corrected chi connectivity index (χ2v) is 6.16. The molecule has 106 valence electrons. The molecule has 0 fully saturated rings. The van der Waals surface area contributed by atoms with Crippen LogP contribution in [-0.4, -0.2) is 36.7 Å². The number of aromatic nitrogens is 2. The van der Waals surface area contributed by atoms with E-state index in [0.29, 0.717) is 11.2 Å². The number of benzene rings is 1. The summed E-state index contributed by atoms with van der Waals surface area (Å²) in [6.45, 7) is 1.79. The second kappa shape index (κ2) is 6.67. The molecule has 1 aromatic heterocycles. The van der Waals surface area contributed by atoms with E-state index in [1.165, 1.54) is 11.8 Å². The van der Waals surface area contributed by atoms with Crippen LogP contribution in [0.1, 0.15) is 13.3 Å². The number of fused-ring (bicyclic) bond motifs is 1. The third-order valence-corrected chi connectivity index (χ3v) is 4.23. The highest BCUT2D eigenvalue weighted by Gasteiger charge is 2.12. The Morgan fingerprint density at radius 2 is 2.25 bits per heavy atom. The van der Waals surface area contributed by atoms with Crippen molar-refractivity contribution in [3.05, 3.63) is 18.2 Å². The number of hydrogen-bond donors (Lipinski definition) is 2. The minimum Gasteiger partial charge on any atom is -0.481 e. The maximum Gasteiger partial charge on any atom is 0.304 e. The topological polar surface area (TPSA) is 92.2 Å². The van der Waals surface area contributed by atoms with Crippen molar-refractivity contribution in [2.75, 3.05) is 11.1 Å². The van der Waals surface area contributed by atoms with Crippen molar-refractivity contribution in [1.82, 2.24) is 8.75 Å². The van der Waals surface area contributed by atoms with Gasteiger partial charge in [0.25, 0.3) is 0 Å². The number of hydrogen-bond acceptors (Lipinski definition) is 6. The molecule has 2 N–H and O–H groups in total. The van der Waals surface area contributed by atoms with Crippen molar-refractivity contribution in [1.29, 1.82) is 0 Å². The number of nitrogens with one attached hydrogen (secondary N) is 1. The molecule has 0 aliphatic rings. The third kappa shape index (κ3) is 3.91. The number of carbonyl (C=O) groups is 2. The molecule has 0 saturated carbocycles. The molecule has 1 amide bonds. The van der Waals surface area contributed by atoms with E-state index in [1.807, 2.05) is 6.07 Å². The van der Waals surface area contributed by atoms with E-state index < -0.39 is 5.97 Å². The third-order valence-electron chi connectivity index (χ3n) is 2.52. The Balaban J connectivity index is 1.91. The number of anilines is 1. The average molecular weight is 311 g/mol. The fraction of sp³-hybridized carbons (Fsp3) is 0.333. The number of amides is 1. The van der Waals surface area contributed by atoms with Gasteiger partial charge in [-0.05, 0) is 12.1 Å². The summed E-state index contributed by atoms with van der Waals surface area (Å²) < 4.78 is 8.24. The van der Waals surface area contributed by atoms with Crippen molar-refractivity contribution in [2.45, 2.75) is 18.6 Å². The summed E-state index contributed by atoms with van der Waals surface area (Å²) in [5, 5.41) is 11.3. The Morgan fingerprint density at radius 1 is 1.45 bits per heavy atom. The van der Waals surface area contributed by atoms with Gasteiger partial charge in [0.1, 0.15) is 11.0 Å². The van der Waals surface area contributed by atoms with Gasteiger partial charge >= 0.3 is 5.97 Å². The molecule has 0 aliphatic heterocycles. The Hall–Kier alpha value is -1.67. The van der Waals surface area contributed by atoms with Gasteiger partial charge in [-0.25, -0.2) is 0 Å². The van der Waals surface area contributed by atoms with Crippen molar-refractivity contribution >= 4 is 52.1 Å². The van der Waals surface area contributed by atoms with Crippen LogP contribution in [0.4, 0.5) is 5.69 Å². The number of carboxylic acids is 1. The lowest BCUT2D eigenvalue weighted by molar-refractivity contribution is -0.136. The first-order valence-electron chi connectivity index (χ1n) is 5.91. The predicted molar refractivity (Wildman–Crippen MR) is 80.2 cm³/mol. The molecular formula is C12H13N3O3S2. The van der Waals surface area contributed by atoms with Crippen LogP contribution in [0.2, 0.25) is 0 Å². The van der Waals surface area contributed by atoms with E-state index in [0.717, 1.165) is 17.2 Å². The Morgan fingerprint density at radius 3 is 3.00 bits per heavy atom.